The highest BCUT2D eigenvalue weighted by atomic mass is 16.5. The fraction of sp³-hybridized carbons (Fsp3) is 0.400. The Hall–Kier alpha value is -1.95. The Labute approximate surface area is 108 Å². The zero-order valence-electron chi connectivity index (χ0n) is 10.8. The molecular weight excluding hydrogens is 226 g/mol. The van der Waals surface area contributed by atoms with Gasteiger partial charge in [-0.05, 0) is 37.0 Å². The molecule has 0 N–H and O–H groups in total. The zero-order chi connectivity index (χ0) is 13.0. The summed E-state index contributed by atoms with van der Waals surface area (Å²) in [7, 11) is 3.22. The molecule has 2 rings (SSSR count). The van der Waals surface area contributed by atoms with Crippen molar-refractivity contribution in [3.63, 3.8) is 0 Å². The van der Waals surface area contributed by atoms with Crippen molar-refractivity contribution in [2.24, 2.45) is 0 Å². The largest absolute Gasteiger partial charge is 0.493 e. The smallest absolute Gasteiger partial charge is 0.161 e. The maximum atomic E-state index is 9.53. The van der Waals surface area contributed by atoms with E-state index in [1.54, 1.807) is 14.2 Å². The van der Waals surface area contributed by atoms with Crippen molar-refractivity contribution >= 4 is 0 Å². The SMILES string of the molecule is COc1ccc([C@@]2(C#N)CC=CCC2)cc1OC. The number of hydrogen-bond donors (Lipinski definition) is 0. The second kappa shape index (κ2) is 5.14. The van der Waals surface area contributed by atoms with Crippen LogP contribution >= 0.6 is 0 Å². The number of ether oxygens (including phenoxy) is 2. The van der Waals surface area contributed by atoms with Crippen LogP contribution in [-0.2, 0) is 5.41 Å². The maximum Gasteiger partial charge on any atom is 0.161 e. The van der Waals surface area contributed by atoms with Gasteiger partial charge in [-0.15, -0.1) is 0 Å². The molecule has 0 saturated carbocycles. The van der Waals surface area contributed by atoms with E-state index in [4.69, 9.17) is 9.47 Å². The summed E-state index contributed by atoms with van der Waals surface area (Å²) in [4.78, 5) is 0. The highest BCUT2D eigenvalue weighted by Crippen LogP contribution is 2.39. The molecule has 1 aromatic carbocycles. The predicted molar refractivity (Wildman–Crippen MR) is 69.8 cm³/mol. The summed E-state index contributed by atoms with van der Waals surface area (Å²) in [6.07, 6.45) is 6.79. The first-order chi connectivity index (χ1) is 8.75. The molecular formula is C15H17NO2. The van der Waals surface area contributed by atoms with Crippen LogP contribution in [0.1, 0.15) is 24.8 Å². The quantitative estimate of drug-likeness (QED) is 0.765. The van der Waals surface area contributed by atoms with Crippen LogP contribution in [-0.4, -0.2) is 14.2 Å². The average Bonchev–Trinajstić information content (AvgIpc) is 2.47. The topological polar surface area (TPSA) is 42.2 Å². The lowest BCUT2D eigenvalue weighted by molar-refractivity contribution is 0.353. The van der Waals surface area contributed by atoms with Gasteiger partial charge < -0.3 is 9.47 Å². The summed E-state index contributed by atoms with van der Waals surface area (Å²) in [5.41, 5.74) is 0.584. The van der Waals surface area contributed by atoms with Crippen LogP contribution in [0.15, 0.2) is 30.4 Å². The van der Waals surface area contributed by atoms with Crippen molar-refractivity contribution in [2.75, 3.05) is 14.2 Å². The van der Waals surface area contributed by atoms with E-state index in [1.165, 1.54) is 0 Å². The lowest BCUT2D eigenvalue weighted by Gasteiger charge is -2.28. The van der Waals surface area contributed by atoms with E-state index in [0.717, 1.165) is 24.8 Å². The average molecular weight is 243 g/mol. The molecule has 1 aliphatic carbocycles. The van der Waals surface area contributed by atoms with Gasteiger partial charge >= 0.3 is 0 Å². The Morgan fingerprint density at radius 1 is 1.17 bits per heavy atom. The summed E-state index contributed by atoms with van der Waals surface area (Å²) in [5, 5.41) is 9.53. The van der Waals surface area contributed by atoms with Crippen molar-refractivity contribution in [3.8, 4) is 17.6 Å². The van der Waals surface area contributed by atoms with Gasteiger partial charge in [0.2, 0.25) is 0 Å². The third-order valence-corrected chi connectivity index (χ3v) is 3.52. The highest BCUT2D eigenvalue weighted by Gasteiger charge is 2.32. The number of methoxy groups -OCH3 is 2. The summed E-state index contributed by atoms with van der Waals surface area (Å²) < 4.78 is 10.5. The molecule has 1 aromatic rings. The number of rotatable bonds is 3. The fourth-order valence-electron chi connectivity index (χ4n) is 2.40. The summed E-state index contributed by atoms with van der Waals surface area (Å²) in [6, 6.07) is 8.22. The van der Waals surface area contributed by atoms with Crippen molar-refractivity contribution in [2.45, 2.75) is 24.7 Å². The summed E-state index contributed by atoms with van der Waals surface area (Å²) in [5.74, 6) is 1.37. The maximum absolute atomic E-state index is 9.53. The Bertz CT molecular complexity index is 502. The van der Waals surface area contributed by atoms with Gasteiger partial charge in [-0.2, -0.15) is 5.26 Å². The minimum Gasteiger partial charge on any atom is -0.493 e. The molecule has 0 heterocycles. The first kappa shape index (κ1) is 12.5. The standard InChI is InChI=1S/C15H17NO2/c1-17-13-7-6-12(10-14(13)18-2)15(11-16)8-4-3-5-9-15/h3-4,6-7,10H,5,8-9H2,1-2H3/t15-/m0/s1. The predicted octanol–water partition coefficient (Wildman–Crippen LogP) is 3.21. The number of nitrogens with zero attached hydrogens (tertiary/aromatic N) is 1. The van der Waals surface area contributed by atoms with E-state index in [2.05, 4.69) is 18.2 Å². The molecule has 0 aliphatic heterocycles. The summed E-state index contributed by atoms with van der Waals surface area (Å²) in [6.45, 7) is 0. The zero-order valence-corrected chi connectivity index (χ0v) is 10.8. The molecule has 0 amide bonds. The molecule has 1 atom stereocenters. The van der Waals surface area contributed by atoms with E-state index in [-0.39, 0.29) is 0 Å². The highest BCUT2D eigenvalue weighted by molar-refractivity contribution is 5.47. The van der Waals surface area contributed by atoms with Gasteiger partial charge in [-0.25, -0.2) is 0 Å². The Kier molecular flexibility index (Phi) is 3.57. The number of allylic oxidation sites excluding steroid dienone is 2. The Morgan fingerprint density at radius 3 is 2.50 bits per heavy atom. The van der Waals surface area contributed by atoms with Crippen molar-refractivity contribution in [1.82, 2.24) is 0 Å². The van der Waals surface area contributed by atoms with Crippen LogP contribution in [0.2, 0.25) is 0 Å². The van der Waals surface area contributed by atoms with Gasteiger partial charge in [-0.3, -0.25) is 0 Å². The first-order valence-corrected chi connectivity index (χ1v) is 6.04. The molecule has 94 valence electrons. The van der Waals surface area contributed by atoms with Gasteiger partial charge in [0, 0.05) is 0 Å². The number of nitriles is 1. The lowest BCUT2D eigenvalue weighted by Crippen LogP contribution is -2.25. The Balaban J connectivity index is 2.44. The van der Waals surface area contributed by atoms with Gasteiger partial charge in [0.05, 0.1) is 25.7 Å². The molecule has 0 radical (unpaired) electrons. The van der Waals surface area contributed by atoms with Crippen LogP contribution < -0.4 is 9.47 Å². The monoisotopic (exact) mass is 243 g/mol. The van der Waals surface area contributed by atoms with E-state index < -0.39 is 5.41 Å². The molecule has 18 heavy (non-hydrogen) atoms. The van der Waals surface area contributed by atoms with E-state index >= 15 is 0 Å². The van der Waals surface area contributed by atoms with Crippen LogP contribution in [0.3, 0.4) is 0 Å². The normalized spacial score (nSPS) is 22.3. The van der Waals surface area contributed by atoms with Crippen molar-refractivity contribution < 1.29 is 9.47 Å². The van der Waals surface area contributed by atoms with Crippen LogP contribution in [0.5, 0.6) is 11.5 Å². The van der Waals surface area contributed by atoms with Crippen LogP contribution in [0, 0.1) is 11.3 Å². The molecule has 0 aromatic heterocycles. The second-order valence-corrected chi connectivity index (χ2v) is 4.48. The second-order valence-electron chi connectivity index (χ2n) is 4.48. The van der Waals surface area contributed by atoms with Gasteiger partial charge in [0.25, 0.3) is 0 Å². The summed E-state index contributed by atoms with van der Waals surface area (Å²) >= 11 is 0. The van der Waals surface area contributed by atoms with Crippen LogP contribution in [0.4, 0.5) is 0 Å². The van der Waals surface area contributed by atoms with E-state index in [1.807, 2.05) is 18.2 Å². The molecule has 0 saturated heterocycles. The molecule has 3 heteroatoms. The molecule has 0 unspecified atom stereocenters. The lowest BCUT2D eigenvalue weighted by atomic mass is 9.73. The third kappa shape index (κ3) is 2.06. The van der Waals surface area contributed by atoms with Crippen molar-refractivity contribution in [3.05, 3.63) is 35.9 Å². The van der Waals surface area contributed by atoms with Gasteiger partial charge in [-0.1, -0.05) is 18.2 Å². The minimum absolute atomic E-state index is 0.422. The van der Waals surface area contributed by atoms with Crippen LogP contribution in [0.25, 0.3) is 0 Å². The van der Waals surface area contributed by atoms with E-state index in [0.29, 0.717) is 11.5 Å². The fourth-order valence-corrected chi connectivity index (χ4v) is 2.40. The molecule has 0 bridgehead atoms. The van der Waals surface area contributed by atoms with E-state index in [9.17, 15) is 5.26 Å². The number of hydrogen-bond acceptors (Lipinski definition) is 3. The minimum atomic E-state index is -0.422. The molecule has 1 aliphatic rings. The molecule has 0 fully saturated rings. The number of benzene rings is 1. The van der Waals surface area contributed by atoms with Gasteiger partial charge in [0.15, 0.2) is 11.5 Å². The molecule has 0 spiro atoms. The first-order valence-electron chi connectivity index (χ1n) is 6.04. The Morgan fingerprint density at radius 2 is 1.94 bits per heavy atom. The van der Waals surface area contributed by atoms with Crippen molar-refractivity contribution in [1.29, 1.82) is 5.26 Å². The third-order valence-electron chi connectivity index (χ3n) is 3.52. The molecule has 3 nitrogen and oxygen atoms in total. The van der Waals surface area contributed by atoms with Gasteiger partial charge in [0.1, 0.15) is 0 Å².